The van der Waals surface area contributed by atoms with E-state index in [1.165, 1.54) is 43.9 Å². The van der Waals surface area contributed by atoms with Gasteiger partial charge in [-0.15, -0.1) is 0 Å². The number of nitrogens with two attached hydrogens (primary N) is 1. The second-order valence-corrected chi connectivity index (χ2v) is 6.98. The maximum Gasteiger partial charge on any atom is 0.154 e. The lowest BCUT2D eigenvalue weighted by Crippen LogP contribution is -2.23. The summed E-state index contributed by atoms with van der Waals surface area (Å²) in [5, 5.41) is 4.97. The first kappa shape index (κ1) is 15.4. The van der Waals surface area contributed by atoms with E-state index in [2.05, 4.69) is 15.3 Å². The summed E-state index contributed by atoms with van der Waals surface area (Å²) in [6, 6.07) is 8.12. The molecule has 0 unspecified atom stereocenters. The van der Waals surface area contributed by atoms with Crippen LogP contribution in [-0.4, -0.2) is 16.0 Å². The van der Waals surface area contributed by atoms with Crippen molar-refractivity contribution in [3.63, 3.8) is 0 Å². The molecule has 0 radical (unpaired) electrons. The van der Waals surface area contributed by atoms with Crippen molar-refractivity contribution in [1.29, 1.82) is 0 Å². The van der Waals surface area contributed by atoms with Crippen LogP contribution < -0.4 is 11.1 Å². The van der Waals surface area contributed by atoms with E-state index >= 15 is 0 Å². The fourth-order valence-electron chi connectivity index (χ4n) is 2.63. The number of halogens is 1. The Morgan fingerprint density at radius 3 is 2.55 bits per heavy atom. The average molecular weight is 335 g/mol. The average Bonchev–Trinajstić information content (AvgIpc) is 2.54. The number of nitrogens with one attached hydrogen (secondary N) is 1. The van der Waals surface area contributed by atoms with Crippen LogP contribution in [0.15, 0.2) is 40.5 Å². The molecule has 4 nitrogen and oxygen atoms in total. The Morgan fingerprint density at radius 1 is 1.09 bits per heavy atom. The minimum Gasteiger partial charge on any atom is -0.394 e. The van der Waals surface area contributed by atoms with E-state index < -0.39 is 0 Å². The molecule has 2 aromatic rings. The summed E-state index contributed by atoms with van der Waals surface area (Å²) in [7, 11) is 0. The van der Waals surface area contributed by atoms with Crippen molar-refractivity contribution in [3.8, 4) is 0 Å². The summed E-state index contributed by atoms with van der Waals surface area (Å²) in [4.78, 5) is 9.66. The Balaban J connectivity index is 1.74. The third-order valence-corrected chi connectivity index (χ3v) is 5.10. The molecule has 3 N–H and O–H groups in total. The number of anilines is 2. The molecule has 1 aliphatic carbocycles. The molecule has 3 rings (SSSR count). The summed E-state index contributed by atoms with van der Waals surface area (Å²) >= 11 is 7.43. The molecule has 1 aromatic heterocycles. The Kier molecular flexibility index (Phi) is 5.05. The van der Waals surface area contributed by atoms with Crippen LogP contribution in [-0.2, 0) is 0 Å². The van der Waals surface area contributed by atoms with Gasteiger partial charge in [0.05, 0.1) is 0 Å². The van der Waals surface area contributed by atoms with Crippen molar-refractivity contribution < 1.29 is 0 Å². The van der Waals surface area contributed by atoms with Crippen LogP contribution >= 0.6 is 23.4 Å². The minimum absolute atomic E-state index is 0.472. The summed E-state index contributed by atoms with van der Waals surface area (Å²) in [5.41, 5.74) is 6.86. The maximum atomic E-state index is 6.24. The zero-order valence-electron chi connectivity index (χ0n) is 12.3. The van der Waals surface area contributed by atoms with Gasteiger partial charge >= 0.3 is 0 Å². The molecule has 0 aliphatic heterocycles. The molecular formula is C16H19ClN4S. The molecule has 1 heterocycles. The largest absolute Gasteiger partial charge is 0.394 e. The van der Waals surface area contributed by atoms with Crippen molar-refractivity contribution in [2.75, 3.05) is 11.1 Å². The molecular weight excluding hydrogens is 316 g/mol. The Morgan fingerprint density at radius 2 is 1.82 bits per heavy atom. The Labute approximate surface area is 139 Å². The first-order chi connectivity index (χ1) is 10.7. The van der Waals surface area contributed by atoms with Gasteiger partial charge < -0.3 is 11.1 Å². The number of rotatable bonds is 4. The highest BCUT2D eigenvalue weighted by molar-refractivity contribution is 7.99. The summed E-state index contributed by atoms with van der Waals surface area (Å²) in [5.74, 6) is 0.748. The lowest BCUT2D eigenvalue weighted by atomic mass is 9.95. The molecule has 0 saturated heterocycles. The second kappa shape index (κ2) is 7.20. The highest BCUT2D eigenvalue weighted by Gasteiger charge is 2.16. The number of hydrogen-bond donors (Lipinski definition) is 2. The van der Waals surface area contributed by atoms with Crippen molar-refractivity contribution in [1.82, 2.24) is 9.97 Å². The lowest BCUT2D eigenvalue weighted by Gasteiger charge is -2.24. The minimum atomic E-state index is 0.472. The molecule has 22 heavy (non-hydrogen) atoms. The van der Waals surface area contributed by atoms with Crippen LogP contribution in [0.25, 0.3) is 0 Å². The lowest BCUT2D eigenvalue weighted by molar-refractivity contribution is 0.462. The zero-order valence-corrected chi connectivity index (χ0v) is 13.8. The van der Waals surface area contributed by atoms with Gasteiger partial charge in [0.25, 0.3) is 0 Å². The summed E-state index contributed by atoms with van der Waals surface area (Å²) in [6.07, 6.45) is 7.81. The Bertz CT molecular complexity index is 627. The van der Waals surface area contributed by atoms with Crippen molar-refractivity contribution in [2.24, 2.45) is 0 Å². The van der Waals surface area contributed by atoms with E-state index in [1.807, 2.05) is 24.3 Å². The molecule has 1 saturated carbocycles. The molecule has 0 amide bonds. The van der Waals surface area contributed by atoms with Crippen molar-refractivity contribution in [2.45, 2.75) is 48.1 Å². The molecule has 116 valence electrons. The van der Waals surface area contributed by atoms with E-state index in [9.17, 15) is 0 Å². The van der Waals surface area contributed by atoms with Gasteiger partial charge in [-0.3, -0.25) is 0 Å². The van der Waals surface area contributed by atoms with E-state index in [4.69, 9.17) is 17.3 Å². The van der Waals surface area contributed by atoms with Crippen LogP contribution in [0.1, 0.15) is 32.1 Å². The highest BCUT2D eigenvalue weighted by atomic mass is 35.5. The van der Waals surface area contributed by atoms with Crippen LogP contribution in [0.4, 0.5) is 11.5 Å². The fourth-order valence-corrected chi connectivity index (χ4v) is 3.56. The molecule has 1 aromatic carbocycles. The third-order valence-electron chi connectivity index (χ3n) is 3.82. The van der Waals surface area contributed by atoms with Crippen molar-refractivity contribution >= 4 is 34.9 Å². The number of benzene rings is 1. The smallest absolute Gasteiger partial charge is 0.154 e. The monoisotopic (exact) mass is 334 g/mol. The number of hydrogen-bond acceptors (Lipinski definition) is 5. The van der Waals surface area contributed by atoms with Gasteiger partial charge in [-0.05, 0) is 37.1 Å². The predicted molar refractivity (Wildman–Crippen MR) is 92.5 cm³/mol. The van der Waals surface area contributed by atoms with Gasteiger partial charge in [-0.1, -0.05) is 42.6 Å². The third kappa shape index (κ3) is 3.84. The fraction of sp³-hybridized carbons (Fsp3) is 0.375. The zero-order chi connectivity index (χ0) is 15.4. The maximum absolute atomic E-state index is 6.24. The number of nitrogen functional groups attached to an aromatic ring is 1. The number of nitrogens with zero attached hydrogens (tertiary/aromatic N) is 2. The van der Waals surface area contributed by atoms with Gasteiger partial charge in [0.15, 0.2) is 5.82 Å². The standard InChI is InChI=1S/C16H19ClN4S/c17-11-6-8-13(9-7-11)22-16-14(18)15(19-10-20-16)21-12-4-2-1-3-5-12/h6-10,12H,1-5,18H2,(H,19,20,21). The van der Waals surface area contributed by atoms with Gasteiger partial charge in [-0.2, -0.15) is 0 Å². The Hall–Kier alpha value is -1.46. The molecule has 6 heteroatoms. The van der Waals surface area contributed by atoms with Gasteiger partial charge in [0, 0.05) is 16.0 Å². The second-order valence-electron chi connectivity index (χ2n) is 5.48. The van der Waals surface area contributed by atoms with Crippen LogP contribution in [0.3, 0.4) is 0 Å². The van der Waals surface area contributed by atoms with Gasteiger partial charge in [-0.25, -0.2) is 9.97 Å². The normalized spacial score (nSPS) is 15.7. The summed E-state index contributed by atoms with van der Waals surface area (Å²) in [6.45, 7) is 0. The first-order valence-corrected chi connectivity index (χ1v) is 8.72. The summed E-state index contributed by atoms with van der Waals surface area (Å²) < 4.78 is 0. The van der Waals surface area contributed by atoms with Crippen LogP contribution in [0.2, 0.25) is 5.02 Å². The predicted octanol–water partition coefficient (Wildman–Crippen LogP) is 4.61. The van der Waals surface area contributed by atoms with Gasteiger partial charge in [0.2, 0.25) is 0 Å². The van der Waals surface area contributed by atoms with Gasteiger partial charge in [0.1, 0.15) is 17.0 Å². The topological polar surface area (TPSA) is 63.8 Å². The molecule has 0 spiro atoms. The first-order valence-electron chi connectivity index (χ1n) is 7.53. The van der Waals surface area contributed by atoms with E-state index in [-0.39, 0.29) is 0 Å². The highest BCUT2D eigenvalue weighted by Crippen LogP contribution is 2.34. The van der Waals surface area contributed by atoms with E-state index in [1.54, 1.807) is 6.33 Å². The van der Waals surface area contributed by atoms with Crippen LogP contribution in [0, 0.1) is 0 Å². The van der Waals surface area contributed by atoms with E-state index in [0.29, 0.717) is 11.7 Å². The SMILES string of the molecule is Nc1c(NC2CCCCC2)ncnc1Sc1ccc(Cl)cc1. The molecule has 1 aliphatic rings. The molecule has 1 fully saturated rings. The van der Waals surface area contributed by atoms with Crippen molar-refractivity contribution in [3.05, 3.63) is 35.6 Å². The quantitative estimate of drug-likeness (QED) is 0.799. The van der Waals surface area contributed by atoms with E-state index in [0.717, 1.165) is 20.8 Å². The number of aromatic nitrogens is 2. The van der Waals surface area contributed by atoms with Crippen LogP contribution in [0.5, 0.6) is 0 Å². The molecule has 0 bridgehead atoms. The molecule has 0 atom stereocenters.